The molecule has 2 rings (SSSR count). The van der Waals surface area contributed by atoms with E-state index in [4.69, 9.17) is 10.8 Å². The molecule has 4 atom stereocenters. The van der Waals surface area contributed by atoms with Gasteiger partial charge in [0.25, 0.3) is 0 Å². The van der Waals surface area contributed by atoms with Gasteiger partial charge in [0.05, 0.1) is 12.9 Å². The summed E-state index contributed by atoms with van der Waals surface area (Å²) in [5, 5.41) is 23.2. The molecule has 1 fully saturated rings. The molecular weight excluding hydrogens is 384 g/mol. The number of carbonyl (C=O) groups excluding carboxylic acids is 3. The van der Waals surface area contributed by atoms with Gasteiger partial charge in [0, 0.05) is 24.9 Å². The van der Waals surface area contributed by atoms with Crippen molar-refractivity contribution in [2.24, 2.45) is 5.73 Å². The fraction of sp³-hybridized carbons (Fsp3) is 0.588. The summed E-state index contributed by atoms with van der Waals surface area (Å²) in [5.41, 5.74) is 6.05. The van der Waals surface area contributed by atoms with Gasteiger partial charge in [-0.05, 0) is 19.8 Å². The molecule has 7 N–H and O–H groups in total. The lowest BCUT2D eigenvalue weighted by Crippen LogP contribution is -2.57. The van der Waals surface area contributed by atoms with Crippen molar-refractivity contribution in [3.63, 3.8) is 0 Å². The van der Waals surface area contributed by atoms with Crippen LogP contribution in [0.1, 0.15) is 25.5 Å². The maximum Gasteiger partial charge on any atom is 0.326 e. The standard InChI is InChI=1S/C17H26N6O6/c1-9(16(27)23-4-2-3-13(23)17(28)29)21-15(26)12(5-10-6-19-8-20-10)22-14(25)11(18)7-24/h6,8-9,11-13,24H,2-5,7,18H2,1H3,(H,19,20)(H,21,26)(H,22,25)(H,28,29). The van der Waals surface area contributed by atoms with E-state index in [0.717, 1.165) is 0 Å². The number of H-pyrrole nitrogens is 1. The molecule has 12 heteroatoms. The topological polar surface area (TPSA) is 191 Å². The van der Waals surface area contributed by atoms with Gasteiger partial charge in [-0.2, -0.15) is 0 Å². The van der Waals surface area contributed by atoms with Gasteiger partial charge in [0.15, 0.2) is 0 Å². The molecule has 0 saturated carbocycles. The number of carboxylic acid groups (broad SMARTS) is 1. The lowest BCUT2D eigenvalue weighted by molar-refractivity contribution is -0.149. The summed E-state index contributed by atoms with van der Waals surface area (Å²) < 4.78 is 0. The third-order valence-electron chi connectivity index (χ3n) is 4.70. The van der Waals surface area contributed by atoms with E-state index in [-0.39, 0.29) is 6.42 Å². The summed E-state index contributed by atoms with van der Waals surface area (Å²) >= 11 is 0. The fourth-order valence-electron chi connectivity index (χ4n) is 3.10. The first-order chi connectivity index (χ1) is 13.7. The largest absolute Gasteiger partial charge is 0.480 e. The molecular formula is C17H26N6O6. The number of aliphatic carboxylic acids is 1. The average Bonchev–Trinajstić information content (AvgIpc) is 3.37. The number of nitrogens with zero attached hydrogens (tertiary/aromatic N) is 2. The maximum absolute atomic E-state index is 12.7. The fourth-order valence-corrected chi connectivity index (χ4v) is 3.10. The number of nitrogens with two attached hydrogens (primary N) is 1. The molecule has 12 nitrogen and oxygen atoms in total. The van der Waals surface area contributed by atoms with Gasteiger partial charge in [-0.1, -0.05) is 0 Å². The summed E-state index contributed by atoms with van der Waals surface area (Å²) in [7, 11) is 0. The molecule has 0 bridgehead atoms. The number of aliphatic hydroxyl groups excluding tert-OH is 1. The number of aliphatic hydroxyl groups is 1. The molecule has 2 heterocycles. The van der Waals surface area contributed by atoms with E-state index in [1.807, 2.05) is 0 Å². The number of aromatic nitrogens is 2. The first-order valence-electron chi connectivity index (χ1n) is 9.22. The number of aromatic amines is 1. The second-order valence-corrected chi connectivity index (χ2v) is 6.89. The molecule has 3 amide bonds. The van der Waals surface area contributed by atoms with Crippen molar-refractivity contribution >= 4 is 23.7 Å². The van der Waals surface area contributed by atoms with Crippen LogP contribution in [0.25, 0.3) is 0 Å². The van der Waals surface area contributed by atoms with Crippen LogP contribution in [0.4, 0.5) is 0 Å². The number of carbonyl (C=O) groups is 4. The summed E-state index contributed by atoms with van der Waals surface area (Å²) in [4.78, 5) is 56.5. The number of hydrogen-bond donors (Lipinski definition) is 6. The molecule has 0 aromatic carbocycles. The SMILES string of the molecule is CC(NC(=O)C(Cc1cnc[nH]1)NC(=O)C(N)CO)C(=O)N1CCCC1C(=O)O. The first-order valence-corrected chi connectivity index (χ1v) is 9.22. The van der Waals surface area contributed by atoms with Crippen LogP contribution in [-0.4, -0.2) is 86.1 Å². The van der Waals surface area contributed by atoms with E-state index in [1.54, 1.807) is 0 Å². The number of imidazole rings is 1. The van der Waals surface area contributed by atoms with Gasteiger partial charge in [-0.15, -0.1) is 0 Å². The average molecular weight is 410 g/mol. The van der Waals surface area contributed by atoms with E-state index in [1.165, 1.54) is 24.3 Å². The zero-order valence-corrected chi connectivity index (χ0v) is 16.0. The summed E-state index contributed by atoms with van der Waals surface area (Å²) in [6, 6.07) is -4.18. The Balaban J connectivity index is 2.06. The quantitative estimate of drug-likeness (QED) is 0.254. The Labute approximate surface area is 166 Å². The minimum absolute atomic E-state index is 0.0537. The van der Waals surface area contributed by atoms with Crippen molar-refractivity contribution in [1.82, 2.24) is 25.5 Å². The number of hydrogen-bond acceptors (Lipinski definition) is 7. The Hall–Kier alpha value is -2.99. The van der Waals surface area contributed by atoms with Crippen LogP contribution < -0.4 is 16.4 Å². The molecule has 0 radical (unpaired) electrons. The van der Waals surface area contributed by atoms with Gasteiger partial charge in [-0.25, -0.2) is 9.78 Å². The third kappa shape index (κ3) is 5.74. The number of rotatable bonds is 9. The van der Waals surface area contributed by atoms with Crippen molar-refractivity contribution in [2.45, 2.75) is 50.4 Å². The number of nitrogens with one attached hydrogen (secondary N) is 3. The highest BCUT2D eigenvalue weighted by Crippen LogP contribution is 2.18. The lowest BCUT2D eigenvalue weighted by Gasteiger charge is -2.27. The maximum atomic E-state index is 12.7. The minimum Gasteiger partial charge on any atom is -0.480 e. The Morgan fingerprint density at radius 1 is 1.34 bits per heavy atom. The minimum atomic E-state index is -1.20. The van der Waals surface area contributed by atoms with Gasteiger partial charge in [0.1, 0.15) is 24.2 Å². The first kappa shape index (κ1) is 22.3. The molecule has 1 aliphatic heterocycles. The second-order valence-electron chi connectivity index (χ2n) is 6.89. The van der Waals surface area contributed by atoms with Crippen molar-refractivity contribution in [3.05, 3.63) is 18.2 Å². The summed E-state index contributed by atoms with van der Waals surface area (Å²) in [6.45, 7) is 1.16. The number of carboxylic acids is 1. The van der Waals surface area contributed by atoms with E-state index < -0.39 is 54.5 Å². The third-order valence-corrected chi connectivity index (χ3v) is 4.70. The summed E-state index contributed by atoms with van der Waals surface area (Å²) in [5.74, 6) is -2.97. The molecule has 1 aromatic heterocycles. The number of amides is 3. The molecule has 1 saturated heterocycles. The van der Waals surface area contributed by atoms with Gasteiger partial charge in [0.2, 0.25) is 17.7 Å². The normalized spacial score (nSPS) is 19.3. The highest BCUT2D eigenvalue weighted by atomic mass is 16.4. The molecule has 0 spiro atoms. The van der Waals surface area contributed by atoms with Gasteiger partial charge < -0.3 is 36.5 Å². The molecule has 1 aliphatic rings. The van der Waals surface area contributed by atoms with Crippen molar-refractivity contribution in [2.75, 3.05) is 13.2 Å². The van der Waals surface area contributed by atoms with Crippen LogP contribution in [0, 0.1) is 0 Å². The van der Waals surface area contributed by atoms with E-state index in [2.05, 4.69) is 20.6 Å². The summed E-state index contributed by atoms with van der Waals surface area (Å²) in [6.07, 6.45) is 3.88. The Morgan fingerprint density at radius 2 is 2.07 bits per heavy atom. The van der Waals surface area contributed by atoms with Crippen molar-refractivity contribution < 1.29 is 29.4 Å². The lowest BCUT2D eigenvalue weighted by atomic mass is 10.1. The van der Waals surface area contributed by atoms with Crippen LogP contribution in [0.2, 0.25) is 0 Å². The highest BCUT2D eigenvalue weighted by Gasteiger charge is 2.37. The molecule has 1 aromatic rings. The van der Waals surface area contributed by atoms with E-state index in [9.17, 15) is 24.3 Å². The van der Waals surface area contributed by atoms with Crippen LogP contribution in [0.3, 0.4) is 0 Å². The van der Waals surface area contributed by atoms with Crippen molar-refractivity contribution in [1.29, 1.82) is 0 Å². The van der Waals surface area contributed by atoms with Crippen molar-refractivity contribution in [3.8, 4) is 0 Å². The van der Waals surface area contributed by atoms with Crippen LogP contribution in [-0.2, 0) is 25.6 Å². The predicted molar refractivity (Wildman–Crippen MR) is 99.3 cm³/mol. The Bertz CT molecular complexity index is 739. The zero-order valence-electron chi connectivity index (χ0n) is 16.0. The smallest absolute Gasteiger partial charge is 0.326 e. The van der Waals surface area contributed by atoms with Gasteiger partial charge >= 0.3 is 5.97 Å². The monoisotopic (exact) mass is 410 g/mol. The molecule has 160 valence electrons. The zero-order chi connectivity index (χ0) is 21.6. The Morgan fingerprint density at radius 3 is 2.66 bits per heavy atom. The molecule has 0 aliphatic carbocycles. The van der Waals surface area contributed by atoms with E-state index >= 15 is 0 Å². The Kier molecular flexibility index (Phi) is 7.67. The van der Waals surface area contributed by atoms with Gasteiger partial charge in [-0.3, -0.25) is 14.4 Å². The number of likely N-dealkylation sites (tertiary alicyclic amines) is 1. The van der Waals surface area contributed by atoms with Crippen LogP contribution >= 0.6 is 0 Å². The molecule has 4 unspecified atom stereocenters. The molecule has 29 heavy (non-hydrogen) atoms. The van der Waals surface area contributed by atoms with Crippen LogP contribution in [0.15, 0.2) is 12.5 Å². The second kappa shape index (κ2) is 9.98. The predicted octanol–water partition coefficient (Wildman–Crippen LogP) is -2.66. The van der Waals surface area contributed by atoms with Crippen LogP contribution in [0.5, 0.6) is 0 Å². The highest BCUT2D eigenvalue weighted by molar-refractivity contribution is 5.94. The van der Waals surface area contributed by atoms with E-state index in [0.29, 0.717) is 25.1 Å².